The third-order valence-electron chi connectivity index (χ3n) is 3.71. The van der Waals surface area contributed by atoms with E-state index in [9.17, 15) is 19.2 Å². The number of hydrogen-bond acceptors (Lipinski definition) is 6. The minimum absolute atomic E-state index is 0.237. The monoisotopic (exact) mass is 381 g/mol. The summed E-state index contributed by atoms with van der Waals surface area (Å²) < 4.78 is 4.95. The number of rotatable bonds is 5. The summed E-state index contributed by atoms with van der Waals surface area (Å²) in [6.45, 7) is 1.01. The van der Waals surface area contributed by atoms with Crippen LogP contribution in [0.15, 0.2) is 59.5 Å². The van der Waals surface area contributed by atoms with Gasteiger partial charge in [0, 0.05) is 12.5 Å². The maximum Gasteiger partial charge on any atom is 0.308 e. The molecule has 3 rings (SSSR count). The molecule has 1 saturated heterocycles. The number of hydrogen-bond donors (Lipinski definition) is 0. The molecule has 7 heteroatoms. The second kappa shape index (κ2) is 8.01. The number of carbonyl (C=O) groups is 4. The van der Waals surface area contributed by atoms with Gasteiger partial charge in [-0.2, -0.15) is 0 Å². The van der Waals surface area contributed by atoms with Crippen LogP contribution in [0.1, 0.15) is 22.8 Å². The highest BCUT2D eigenvalue weighted by molar-refractivity contribution is 8.18. The SMILES string of the molecule is CC(=O)Oc1ccc(C=C2SC(=O)N(CC(=O)c3ccccc3)C2=O)cc1. The van der Waals surface area contributed by atoms with Crippen LogP contribution in [0, 0.1) is 0 Å². The zero-order valence-corrected chi connectivity index (χ0v) is 15.2. The molecule has 1 heterocycles. The molecule has 0 saturated carbocycles. The van der Waals surface area contributed by atoms with E-state index in [0.717, 1.165) is 16.7 Å². The molecule has 2 aromatic carbocycles. The number of carbonyl (C=O) groups excluding carboxylic acids is 4. The molecule has 1 aliphatic rings. The Labute approximate surface area is 159 Å². The maximum absolute atomic E-state index is 12.5. The molecule has 2 amide bonds. The molecule has 1 fully saturated rings. The van der Waals surface area contributed by atoms with E-state index in [4.69, 9.17) is 4.74 Å². The van der Waals surface area contributed by atoms with E-state index in [1.807, 2.05) is 0 Å². The normalized spacial score (nSPS) is 15.3. The Balaban J connectivity index is 1.72. The van der Waals surface area contributed by atoms with Gasteiger partial charge in [0.25, 0.3) is 11.1 Å². The summed E-state index contributed by atoms with van der Waals surface area (Å²) in [5.41, 5.74) is 1.12. The fourth-order valence-corrected chi connectivity index (χ4v) is 3.28. The zero-order chi connectivity index (χ0) is 19.4. The van der Waals surface area contributed by atoms with E-state index < -0.39 is 17.1 Å². The summed E-state index contributed by atoms with van der Waals surface area (Å²) in [5.74, 6) is -0.837. The molecule has 0 spiro atoms. The molecule has 0 unspecified atom stereocenters. The third-order valence-corrected chi connectivity index (χ3v) is 4.62. The van der Waals surface area contributed by atoms with Crippen LogP contribution >= 0.6 is 11.8 Å². The predicted molar refractivity (Wildman–Crippen MR) is 101 cm³/mol. The Hall–Kier alpha value is -3.19. The maximum atomic E-state index is 12.5. The zero-order valence-electron chi connectivity index (χ0n) is 14.4. The number of nitrogens with zero attached hydrogens (tertiary/aromatic N) is 1. The van der Waals surface area contributed by atoms with Gasteiger partial charge >= 0.3 is 5.97 Å². The van der Waals surface area contributed by atoms with Crippen LogP contribution in [0.2, 0.25) is 0 Å². The number of thioether (sulfide) groups is 1. The van der Waals surface area contributed by atoms with Crippen molar-refractivity contribution in [3.8, 4) is 5.75 Å². The van der Waals surface area contributed by atoms with Gasteiger partial charge in [0.2, 0.25) is 0 Å². The summed E-state index contributed by atoms with van der Waals surface area (Å²) >= 11 is 0.790. The fraction of sp³-hybridized carbons (Fsp3) is 0.100. The number of benzene rings is 2. The topological polar surface area (TPSA) is 80.8 Å². The highest BCUT2D eigenvalue weighted by Gasteiger charge is 2.36. The van der Waals surface area contributed by atoms with Gasteiger partial charge < -0.3 is 4.74 Å². The van der Waals surface area contributed by atoms with Crippen molar-refractivity contribution in [3.63, 3.8) is 0 Å². The van der Waals surface area contributed by atoms with Crippen molar-refractivity contribution in [2.45, 2.75) is 6.92 Å². The van der Waals surface area contributed by atoms with Gasteiger partial charge in [-0.1, -0.05) is 42.5 Å². The van der Waals surface area contributed by atoms with Gasteiger partial charge in [0.15, 0.2) is 5.78 Å². The molecule has 2 aromatic rings. The molecule has 1 aliphatic heterocycles. The van der Waals surface area contributed by atoms with E-state index in [1.54, 1.807) is 60.7 Å². The average molecular weight is 381 g/mol. The molecular weight excluding hydrogens is 366 g/mol. The molecular formula is C20H15NO5S. The van der Waals surface area contributed by atoms with Crippen molar-refractivity contribution < 1.29 is 23.9 Å². The van der Waals surface area contributed by atoms with Crippen LogP contribution in [0.3, 0.4) is 0 Å². The Bertz CT molecular complexity index is 935. The number of ether oxygens (including phenoxy) is 1. The van der Waals surface area contributed by atoms with Crippen LogP contribution in [-0.2, 0) is 9.59 Å². The van der Waals surface area contributed by atoms with Crippen LogP contribution in [0.25, 0.3) is 6.08 Å². The first kappa shape index (κ1) is 18.6. The molecule has 0 bridgehead atoms. The van der Waals surface area contributed by atoms with Crippen LogP contribution < -0.4 is 4.74 Å². The summed E-state index contributed by atoms with van der Waals surface area (Å²) in [7, 11) is 0. The van der Waals surface area contributed by atoms with E-state index in [-0.39, 0.29) is 17.2 Å². The van der Waals surface area contributed by atoms with Crippen molar-refractivity contribution in [3.05, 3.63) is 70.6 Å². The predicted octanol–water partition coefficient (Wildman–Crippen LogP) is 3.53. The molecule has 136 valence electrons. The van der Waals surface area contributed by atoms with Crippen molar-refractivity contribution >= 4 is 40.7 Å². The first-order valence-electron chi connectivity index (χ1n) is 8.06. The van der Waals surface area contributed by atoms with Gasteiger partial charge in [-0.15, -0.1) is 0 Å². The van der Waals surface area contributed by atoms with Gasteiger partial charge in [0.1, 0.15) is 5.75 Å². The molecule has 0 N–H and O–H groups in total. The van der Waals surface area contributed by atoms with Crippen molar-refractivity contribution in [2.75, 3.05) is 6.54 Å². The Morgan fingerprint density at radius 3 is 2.33 bits per heavy atom. The molecule has 0 atom stereocenters. The lowest BCUT2D eigenvalue weighted by molar-refractivity contribution is -0.131. The minimum atomic E-state index is -0.502. The minimum Gasteiger partial charge on any atom is -0.427 e. The van der Waals surface area contributed by atoms with E-state index >= 15 is 0 Å². The van der Waals surface area contributed by atoms with E-state index in [0.29, 0.717) is 16.9 Å². The molecule has 0 radical (unpaired) electrons. The lowest BCUT2D eigenvalue weighted by Gasteiger charge is -2.11. The lowest BCUT2D eigenvalue weighted by atomic mass is 10.1. The average Bonchev–Trinajstić information content (AvgIpc) is 2.91. The van der Waals surface area contributed by atoms with Crippen molar-refractivity contribution in [1.29, 1.82) is 0 Å². The highest BCUT2D eigenvalue weighted by Crippen LogP contribution is 2.32. The number of Topliss-reactive ketones (excluding diaryl/α,β-unsaturated/α-hetero) is 1. The second-order valence-electron chi connectivity index (χ2n) is 5.72. The van der Waals surface area contributed by atoms with Gasteiger partial charge in [0.05, 0.1) is 11.4 Å². The Kier molecular flexibility index (Phi) is 5.52. The van der Waals surface area contributed by atoms with Gasteiger partial charge in [-0.25, -0.2) is 0 Å². The number of ketones is 1. The van der Waals surface area contributed by atoms with Crippen LogP contribution in [-0.4, -0.2) is 34.3 Å². The highest BCUT2D eigenvalue weighted by atomic mass is 32.2. The number of amides is 2. The second-order valence-corrected chi connectivity index (χ2v) is 6.71. The van der Waals surface area contributed by atoms with Crippen LogP contribution in [0.4, 0.5) is 4.79 Å². The largest absolute Gasteiger partial charge is 0.427 e. The third kappa shape index (κ3) is 4.51. The van der Waals surface area contributed by atoms with Crippen molar-refractivity contribution in [1.82, 2.24) is 4.90 Å². The summed E-state index contributed by atoms with van der Waals surface area (Å²) in [6, 6.07) is 15.0. The van der Waals surface area contributed by atoms with Crippen LogP contribution in [0.5, 0.6) is 5.75 Å². The molecule has 6 nitrogen and oxygen atoms in total. The number of imide groups is 1. The summed E-state index contributed by atoms with van der Waals surface area (Å²) in [6.07, 6.45) is 1.56. The summed E-state index contributed by atoms with van der Waals surface area (Å²) in [5, 5.41) is -0.480. The smallest absolute Gasteiger partial charge is 0.308 e. The molecule has 27 heavy (non-hydrogen) atoms. The van der Waals surface area contributed by atoms with E-state index in [2.05, 4.69) is 0 Å². The van der Waals surface area contributed by atoms with Gasteiger partial charge in [-0.05, 0) is 35.5 Å². The van der Waals surface area contributed by atoms with Gasteiger partial charge in [-0.3, -0.25) is 24.1 Å². The number of esters is 1. The molecule has 0 aromatic heterocycles. The fourth-order valence-electron chi connectivity index (χ4n) is 2.44. The standard InChI is InChI=1S/C20H15NO5S/c1-13(22)26-16-9-7-14(8-10-16)11-18-19(24)21(20(25)27-18)12-17(23)15-5-3-2-4-6-15/h2-11H,12H2,1H3. The first-order chi connectivity index (χ1) is 12.9. The summed E-state index contributed by atoms with van der Waals surface area (Å²) in [4.78, 5) is 49.0. The first-order valence-corrected chi connectivity index (χ1v) is 8.88. The van der Waals surface area contributed by atoms with Crippen molar-refractivity contribution in [2.24, 2.45) is 0 Å². The molecule has 0 aliphatic carbocycles. The van der Waals surface area contributed by atoms with E-state index in [1.165, 1.54) is 6.92 Å². The Morgan fingerprint density at radius 2 is 1.70 bits per heavy atom. The Morgan fingerprint density at radius 1 is 1.04 bits per heavy atom. The lowest BCUT2D eigenvalue weighted by Crippen LogP contribution is -2.33. The quantitative estimate of drug-likeness (QED) is 0.341.